The standard InChI is InChI=1S/C11H12S/c1-3-4-7-10-9(2)6-5-8-11(10)12/h3-8,12H,1H2,2H3/b7-4-. The molecule has 0 nitrogen and oxygen atoms in total. The van der Waals surface area contributed by atoms with Crippen molar-refractivity contribution in [2.24, 2.45) is 0 Å². The first-order chi connectivity index (χ1) is 5.75. The lowest BCUT2D eigenvalue weighted by atomic mass is 10.1. The van der Waals surface area contributed by atoms with Gasteiger partial charge in [0.05, 0.1) is 0 Å². The Balaban J connectivity index is 3.12. The van der Waals surface area contributed by atoms with E-state index in [4.69, 9.17) is 0 Å². The molecule has 0 unspecified atom stereocenters. The Morgan fingerprint density at radius 1 is 1.42 bits per heavy atom. The zero-order chi connectivity index (χ0) is 8.97. The zero-order valence-corrected chi connectivity index (χ0v) is 8.01. The monoisotopic (exact) mass is 176 g/mol. The summed E-state index contributed by atoms with van der Waals surface area (Å²) < 4.78 is 0. The molecule has 0 fully saturated rings. The fourth-order valence-electron chi connectivity index (χ4n) is 1.05. The minimum Gasteiger partial charge on any atom is -0.143 e. The minimum absolute atomic E-state index is 1.01. The van der Waals surface area contributed by atoms with Crippen molar-refractivity contribution in [2.45, 2.75) is 11.8 Å². The summed E-state index contributed by atoms with van der Waals surface area (Å²) in [6.45, 7) is 5.70. The maximum atomic E-state index is 4.35. The fourth-order valence-corrected chi connectivity index (χ4v) is 1.38. The van der Waals surface area contributed by atoms with E-state index in [1.165, 1.54) is 11.1 Å². The average Bonchev–Trinajstić information content (AvgIpc) is 2.04. The van der Waals surface area contributed by atoms with Crippen LogP contribution < -0.4 is 0 Å². The van der Waals surface area contributed by atoms with Crippen molar-refractivity contribution in [3.63, 3.8) is 0 Å². The molecule has 62 valence electrons. The highest BCUT2D eigenvalue weighted by atomic mass is 32.1. The number of benzene rings is 1. The van der Waals surface area contributed by atoms with Crippen LogP contribution in [-0.4, -0.2) is 0 Å². The van der Waals surface area contributed by atoms with Crippen molar-refractivity contribution in [1.82, 2.24) is 0 Å². The van der Waals surface area contributed by atoms with Crippen molar-refractivity contribution in [2.75, 3.05) is 0 Å². The van der Waals surface area contributed by atoms with E-state index in [0.717, 1.165) is 4.90 Å². The van der Waals surface area contributed by atoms with Gasteiger partial charge >= 0.3 is 0 Å². The first-order valence-electron chi connectivity index (χ1n) is 3.83. The van der Waals surface area contributed by atoms with E-state index in [2.05, 4.69) is 32.2 Å². The Morgan fingerprint density at radius 3 is 2.75 bits per heavy atom. The van der Waals surface area contributed by atoms with Crippen LogP contribution in [0.1, 0.15) is 11.1 Å². The third-order valence-electron chi connectivity index (χ3n) is 1.70. The molecule has 0 aliphatic carbocycles. The van der Waals surface area contributed by atoms with Gasteiger partial charge in [-0.3, -0.25) is 0 Å². The molecule has 0 atom stereocenters. The van der Waals surface area contributed by atoms with Crippen molar-refractivity contribution in [1.29, 1.82) is 0 Å². The molecule has 0 amide bonds. The van der Waals surface area contributed by atoms with Gasteiger partial charge in [0.2, 0.25) is 0 Å². The van der Waals surface area contributed by atoms with Crippen LogP contribution in [-0.2, 0) is 0 Å². The fraction of sp³-hybridized carbons (Fsp3) is 0.0909. The highest BCUT2D eigenvalue weighted by molar-refractivity contribution is 7.80. The largest absolute Gasteiger partial charge is 0.143 e. The molecule has 0 N–H and O–H groups in total. The number of aryl methyl sites for hydroxylation is 1. The summed E-state index contributed by atoms with van der Waals surface area (Å²) >= 11 is 4.35. The second-order valence-electron chi connectivity index (χ2n) is 2.60. The van der Waals surface area contributed by atoms with E-state index >= 15 is 0 Å². The number of hydrogen-bond donors (Lipinski definition) is 1. The Labute approximate surface area is 79.0 Å². The molecule has 1 aromatic carbocycles. The van der Waals surface area contributed by atoms with Gasteiger partial charge in [0, 0.05) is 4.90 Å². The van der Waals surface area contributed by atoms with Gasteiger partial charge in [0.15, 0.2) is 0 Å². The highest BCUT2D eigenvalue weighted by Gasteiger charge is 1.96. The van der Waals surface area contributed by atoms with Crippen molar-refractivity contribution in [3.8, 4) is 0 Å². The molecule has 0 aliphatic heterocycles. The molecule has 12 heavy (non-hydrogen) atoms. The molecule has 1 heteroatoms. The van der Waals surface area contributed by atoms with Gasteiger partial charge in [0.1, 0.15) is 0 Å². The molecule has 0 aliphatic rings. The van der Waals surface area contributed by atoms with Gasteiger partial charge in [-0.1, -0.05) is 36.9 Å². The smallest absolute Gasteiger partial charge is 0.0115 e. The van der Waals surface area contributed by atoms with Crippen LogP contribution in [0, 0.1) is 6.92 Å². The Kier molecular flexibility index (Phi) is 3.18. The summed E-state index contributed by atoms with van der Waals surface area (Å²) in [4.78, 5) is 1.01. The van der Waals surface area contributed by atoms with E-state index in [-0.39, 0.29) is 0 Å². The molecule has 0 aromatic heterocycles. The third-order valence-corrected chi connectivity index (χ3v) is 2.09. The summed E-state index contributed by atoms with van der Waals surface area (Å²) in [5.74, 6) is 0. The lowest BCUT2D eigenvalue weighted by Gasteiger charge is -2.02. The minimum atomic E-state index is 1.01. The van der Waals surface area contributed by atoms with Crippen LogP contribution in [0.5, 0.6) is 0 Å². The predicted molar refractivity (Wildman–Crippen MR) is 57.7 cm³/mol. The summed E-state index contributed by atoms with van der Waals surface area (Å²) in [5.41, 5.74) is 2.40. The van der Waals surface area contributed by atoms with Crippen LogP contribution in [0.15, 0.2) is 41.8 Å². The Morgan fingerprint density at radius 2 is 2.17 bits per heavy atom. The van der Waals surface area contributed by atoms with Gasteiger partial charge in [-0.15, -0.1) is 12.6 Å². The van der Waals surface area contributed by atoms with Crippen LogP contribution in [0.2, 0.25) is 0 Å². The highest BCUT2D eigenvalue weighted by Crippen LogP contribution is 2.18. The van der Waals surface area contributed by atoms with Crippen LogP contribution in [0.3, 0.4) is 0 Å². The molecule has 1 rings (SSSR count). The third kappa shape index (κ3) is 2.02. The normalized spacial score (nSPS) is 10.5. The van der Waals surface area contributed by atoms with Crippen LogP contribution in [0.25, 0.3) is 6.08 Å². The van der Waals surface area contributed by atoms with Crippen molar-refractivity contribution < 1.29 is 0 Å². The van der Waals surface area contributed by atoms with E-state index in [9.17, 15) is 0 Å². The quantitative estimate of drug-likeness (QED) is 0.517. The van der Waals surface area contributed by atoms with E-state index in [1.807, 2.05) is 24.3 Å². The summed E-state index contributed by atoms with van der Waals surface area (Å²) in [6.07, 6.45) is 5.70. The number of allylic oxidation sites excluding steroid dienone is 2. The van der Waals surface area contributed by atoms with Crippen molar-refractivity contribution in [3.05, 3.63) is 48.1 Å². The van der Waals surface area contributed by atoms with Gasteiger partial charge in [-0.05, 0) is 24.1 Å². The molecule has 0 saturated carbocycles. The van der Waals surface area contributed by atoms with E-state index in [0.29, 0.717) is 0 Å². The molecule has 0 spiro atoms. The number of hydrogen-bond acceptors (Lipinski definition) is 1. The molecule has 0 bridgehead atoms. The van der Waals surface area contributed by atoms with Crippen molar-refractivity contribution >= 4 is 18.7 Å². The SMILES string of the molecule is C=C/C=C\c1c(C)cccc1S. The second-order valence-corrected chi connectivity index (χ2v) is 3.08. The molecular weight excluding hydrogens is 164 g/mol. The molecule has 0 radical (unpaired) electrons. The maximum absolute atomic E-state index is 4.35. The molecule has 0 heterocycles. The van der Waals surface area contributed by atoms with Crippen LogP contribution in [0.4, 0.5) is 0 Å². The maximum Gasteiger partial charge on any atom is 0.0115 e. The lowest BCUT2D eigenvalue weighted by molar-refractivity contribution is 1.33. The molecule has 1 aromatic rings. The first-order valence-corrected chi connectivity index (χ1v) is 4.28. The first kappa shape index (κ1) is 9.14. The molecular formula is C11H12S. The van der Waals surface area contributed by atoms with Crippen LogP contribution >= 0.6 is 12.6 Å². The van der Waals surface area contributed by atoms with Gasteiger partial charge in [0.25, 0.3) is 0 Å². The van der Waals surface area contributed by atoms with Gasteiger partial charge < -0.3 is 0 Å². The number of rotatable bonds is 2. The topological polar surface area (TPSA) is 0 Å². The number of thiol groups is 1. The lowest BCUT2D eigenvalue weighted by Crippen LogP contribution is -1.81. The Bertz CT molecular complexity index is 291. The Hall–Kier alpha value is -0.950. The summed E-state index contributed by atoms with van der Waals surface area (Å²) in [7, 11) is 0. The van der Waals surface area contributed by atoms with Gasteiger partial charge in [-0.25, -0.2) is 0 Å². The zero-order valence-electron chi connectivity index (χ0n) is 7.12. The summed E-state index contributed by atoms with van der Waals surface area (Å²) in [5, 5.41) is 0. The average molecular weight is 176 g/mol. The predicted octanol–water partition coefficient (Wildman–Crippen LogP) is 3.48. The van der Waals surface area contributed by atoms with E-state index in [1.54, 1.807) is 6.08 Å². The van der Waals surface area contributed by atoms with E-state index < -0.39 is 0 Å². The van der Waals surface area contributed by atoms with Gasteiger partial charge in [-0.2, -0.15) is 0 Å². The second kappa shape index (κ2) is 4.17. The summed E-state index contributed by atoms with van der Waals surface area (Å²) in [6, 6.07) is 6.06. The molecule has 0 saturated heterocycles.